The van der Waals surface area contributed by atoms with E-state index in [4.69, 9.17) is 9.84 Å². The molecule has 0 saturated heterocycles. The molecule has 4 heteroatoms. The molecule has 1 aliphatic heterocycles. The first-order valence-electron chi connectivity index (χ1n) is 8.94. The number of rotatable bonds is 7. The van der Waals surface area contributed by atoms with E-state index in [-0.39, 0.29) is 12.0 Å². The third kappa shape index (κ3) is 4.43. The van der Waals surface area contributed by atoms with Gasteiger partial charge < -0.3 is 14.9 Å². The quantitative estimate of drug-likeness (QED) is 0.754. The number of aromatic hydroxyl groups is 1. The number of carbonyl (C=O) groups is 1. The lowest BCUT2D eigenvalue weighted by molar-refractivity contribution is -0.137. The lowest BCUT2D eigenvalue weighted by Crippen LogP contribution is -2.36. The largest absolute Gasteiger partial charge is 0.508 e. The van der Waals surface area contributed by atoms with Crippen LogP contribution >= 0.6 is 0 Å². The number of ether oxygens (including phenoxy) is 1. The molecular weight excluding hydrogens is 304 g/mol. The Morgan fingerprint density at radius 3 is 2.71 bits per heavy atom. The second-order valence-electron chi connectivity index (χ2n) is 7.62. The minimum Gasteiger partial charge on any atom is -0.508 e. The van der Waals surface area contributed by atoms with Gasteiger partial charge in [0.25, 0.3) is 0 Å². The van der Waals surface area contributed by atoms with Gasteiger partial charge in [0.1, 0.15) is 17.1 Å². The summed E-state index contributed by atoms with van der Waals surface area (Å²) in [5.41, 5.74) is 2.85. The zero-order chi connectivity index (χ0) is 17.9. The molecule has 1 heterocycles. The van der Waals surface area contributed by atoms with Gasteiger partial charge in [-0.15, -0.1) is 0 Å². The van der Waals surface area contributed by atoms with Crippen LogP contribution in [-0.2, 0) is 11.2 Å². The molecule has 0 spiro atoms. The first-order chi connectivity index (χ1) is 11.2. The van der Waals surface area contributed by atoms with Crippen LogP contribution in [0.3, 0.4) is 0 Å². The van der Waals surface area contributed by atoms with Gasteiger partial charge in [0.15, 0.2) is 0 Å². The van der Waals surface area contributed by atoms with Crippen LogP contribution in [0.1, 0.15) is 69.1 Å². The van der Waals surface area contributed by atoms with Crippen molar-refractivity contribution in [3.63, 3.8) is 0 Å². The monoisotopic (exact) mass is 334 g/mol. The van der Waals surface area contributed by atoms with E-state index in [0.29, 0.717) is 11.7 Å². The molecule has 0 aromatic heterocycles. The molecule has 1 aliphatic rings. The molecule has 134 valence electrons. The molecule has 0 amide bonds. The molecule has 0 bridgehead atoms. The molecule has 0 fully saturated rings. The molecule has 0 radical (unpaired) electrons. The third-order valence-corrected chi connectivity index (χ3v) is 5.42. The highest BCUT2D eigenvalue weighted by atomic mass is 16.5. The third-order valence-electron chi connectivity index (χ3n) is 5.42. The molecule has 2 N–H and O–H groups in total. The lowest BCUT2D eigenvalue weighted by atomic mass is 9.85. The van der Waals surface area contributed by atoms with Crippen molar-refractivity contribution in [3.05, 3.63) is 22.8 Å². The minimum atomic E-state index is -0.713. The Kier molecular flexibility index (Phi) is 5.79. The van der Waals surface area contributed by atoms with Gasteiger partial charge in [-0.3, -0.25) is 4.79 Å². The number of fused-ring (bicyclic) bond motifs is 1. The average molecular weight is 334 g/mol. The molecule has 0 aliphatic carbocycles. The molecule has 2 rings (SSSR count). The number of aryl methyl sites for hydroxylation is 1. The number of hydrogen-bond donors (Lipinski definition) is 2. The second kappa shape index (κ2) is 7.45. The van der Waals surface area contributed by atoms with Crippen molar-refractivity contribution in [2.24, 2.45) is 5.92 Å². The molecule has 0 saturated carbocycles. The normalized spacial score (nSPS) is 21.0. The maximum atomic E-state index is 10.6. The van der Waals surface area contributed by atoms with E-state index in [1.54, 1.807) is 0 Å². The van der Waals surface area contributed by atoms with Crippen molar-refractivity contribution in [3.8, 4) is 11.5 Å². The van der Waals surface area contributed by atoms with Gasteiger partial charge in [0.05, 0.1) is 0 Å². The van der Waals surface area contributed by atoms with E-state index in [9.17, 15) is 9.90 Å². The van der Waals surface area contributed by atoms with Gasteiger partial charge >= 0.3 is 5.97 Å². The fourth-order valence-electron chi connectivity index (χ4n) is 3.48. The summed E-state index contributed by atoms with van der Waals surface area (Å²) in [4.78, 5) is 10.6. The number of hydrogen-bond acceptors (Lipinski definition) is 3. The van der Waals surface area contributed by atoms with Gasteiger partial charge in [0, 0.05) is 6.42 Å². The molecule has 0 unspecified atom stereocenters. The highest BCUT2D eigenvalue weighted by Crippen LogP contribution is 2.42. The summed E-state index contributed by atoms with van der Waals surface area (Å²) < 4.78 is 6.36. The van der Waals surface area contributed by atoms with Crippen molar-refractivity contribution >= 4 is 5.97 Å². The predicted molar refractivity (Wildman–Crippen MR) is 94.8 cm³/mol. The summed E-state index contributed by atoms with van der Waals surface area (Å²) in [6.45, 7) is 8.22. The van der Waals surface area contributed by atoms with E-state index in [1.165, 1.54) is 0 Å². The Labute approximate surface area is 144 Å². The Morgan fingerprint density at radius 2 is 2.04 bits per heavy atom. The topological polar surface area (TPSA) is 66.8 Å². The Balaban J connectivity index is 1.93. The van der Waals surface area contributed by atoms with Crippen LogP contribution in [0.15, 0.2) is 6.07 Å². The van der Waals surface area contributed by atoms with Gasteiger partial charge in [0.2, 0.25) is 0 Å². The number of phenolic OH excluding ortho intramolecular Hbond substituents is 1. The minimum absolute atomic E-state index is 0.173. The van der Waals surface area contributed by atoms with Crippen LogP contribution in [0.25, 0.3) is 0 Å². The van der Waals surface area contributed by atoms with Gasteiger partial charge in [-0.05, 0) is 81.5 Å². The molecule has 1 aromatic carbocycles. The van der Waals surface area contributed by atoms with Crippen molar-refractivity contribution in [2.45, 2.75) is 78.2 Å². The average Bonchev–Trinajstić information content (AvgIpc) is 2.52. The smallest absolute Gasteiger partial charge is 0.303 e. The summed E-state index contributed by atoms with van der Waals surface area (Å²) in [5, 5.41) is 18.7. The maximum Gasteiger partial charge on any atom is 0.303 e. The molecule has 4 nitrogen and oxygen atoms in total. The summed E-state index contributed by atoms with van der Waals surface area (Å²) in [7, 11) is 0. The first kappa shape index (κ1) is 18.6. The highest BCUT2D eigenvalue weighted by molar-refractivity contribution is 5.66. The van der Waals surface area contributed by atoms with E-state index in [1.807, 2.05) is 19.9 Å². The highest BCUT2D eigenvalue weighted by Gasteiger charge is 2.32. The van der Waals surface area contributed by atoms with Crippen LogP contribution in [-0.4, -0.2) is 21.8 Å². The van der Waals surface area contributed by atoms with Gasteiger partial charge in [-0.2, -0.15) is 0 Å². The fraction of sp³-hybridized carbons (Fsp3) is 0.650. The number of benzene rings is 1. The fourth-order valence-corrected chi connectivity index (χ4v) is 3.48. The van der Waals surface area contributed by atoms with Crippen LogP contribution in [0, 0.1) is 19.8 Å². The van der Waals surface area contributed by atoms with Crippen molar-refractivity contribution < 1.29 is 19.7 Å². The zero-order valence-electron chi connectivity index (χ0n) is 15.3. The number of aliphatic carboxylic acids is 1. The van der Waals surface area contributed by atoms with E-state index < -0.39 is 5.97 Å². The first-order valence-corrected chi connectivity index (χ1v) is 8.94. The molecule has 24 heavy (non-hydrogen) atoms. The van der Waals surface area contributed by atoms with Crippen LogP contribution in [0.5, 0.6) is 11.5 Å². The molecule has 1 aromatic rings. The standard InChI is InChI=1S/C20H30O4/c1-13(7-8-18(22)23)6-5-10-20(4)11-9-16-12-17(21)14(2)15(3)19(16)24-20/h12-13,21H,5-11H2,1-4H3,(H,22,23)/t13-,20+/m0/s1. The van der Waals surface area contributed by atoms with E-state index >= 15 is 0 Å². The zero-order valence-corrected chi connectivity index (χ0v) is 15.3. The SMILES string of the molecule is Cc1c(O)cc2c(c1C)O[C@](C)(CCC[C@H](C)CCC(=O)O)CC2. The molecular formula is C20H30O4. The predicted octanol–water partition coefficient (Wildman–Crippen LogP) is 4.76. The summed E-state index contributed by atoms with van der Waals surface area (Å²) in [6, 6.07) is 1.84. The van der Waals surface area contributed by atoms with E-state index in [0.717, 1.165) is 61.0 Å². The molecule has 2 atom stereocenters. The summed E-state index contributed by atoms with van der Waals surface area (Å²) in [5.74, 6) is 1.01. The van der Waals surface area contributed by atoms with Crippen LogP contribution in [0.2, 0.25) is 0 Å². The van der Waals surface area contributed by atoms with E-state index in [2.05, 4.69) is 13.8 Å². The van der Waals surface area contributed by atoms with Gasteiger partial charge in [-0.25, -0.2) is 0 Å². The number of phenols is 1. The Bertz CT molecular complexity index is 608. The lowest BCUT2D eigenvalue weighted by Gasteiger charge is -2.37. The second-order valence-corrected chi connectivity index (χ2v) is 7.62. The van der Waals surface area contributed by atoms with Gasteiger partial charge in [-0.1, -0.05) is 13.3 Å². The number of carboxylic acids is 1. The maximum absolute atomic E-state index is 10.6. The van der Waals surface area contributed by atoms with Crippen molar-refractivity contribution in [1.82, 2.24) is 0 Å². The van der Waals surface area contributed by atoms with Crippen molar-refractivity contribution in [1.29, 1.82) is 0 Å². The Morgan fingerprint density at radius 1 is 1.33 bits per heavy atom. The summed E-state index contributed by atoms with van der Waals surface area (Å²) in [6.07, 6.45) is 5.93. The van der Waals surface area contributed by atoms with Crippen LogP contribution in [0.4, 0.5) is 0 Å². The van der Waals surface area contributed by atoms with Crippen molar-refractivity contribution in [2.75, 3.05) is 0 Å². The van der Waals surface area contributed by atoms with Crippen LogP contribution < -0.4 is 4.74 Å². The summed E-state index contributed by atoms with van der Waals surface area (Å²) >= 11 is 0. The Hall–Kier alpha value is -1.71. The number of carboxylic acid groups (broad SMARTS) is 1.